The van der Waals surface area contributed by atoms with Crippen molar-refractivity contribution in [1.29, 1.82) is 0 Å². The van der Waals surface area contributed by atoms with Crippen LogP contribution in [0.2, 0.25) is 0 Å². The minimum absolute atomic E-state index is 0.0301. The molecule has 112 valence electrons. The van der Waals surface area contributed by atoms with Crippen molar-refractivity contribution in [2.75, 3.05) is 40.0 Å². The number of hydrogen-bond acceptors (Lipinski definition) is 5. The summed E-state index contributed by atoms with van der Waals surface area (Å²) < 4.78 is 10.2. The van der Waals surface area contributed by atoms with Gasteiger partial charge in [-0.2, -0.15) is 0 Å². The molecule has 7 heteroatoms. The van der Waals surface area contributed by atoms with E-state index in [4.69, 9.17) is 20.4 Å². The molecule has 0 unspecified atom stereocenters. The molecule has 0 atom stereocenters. The maximum atomic E-state index is 12.0. The van der Waals surface area contributed by atoms with Crippen LogP contribution >= 0.6 is 0 Å². The monoisotopic (exact) mass is 275 g/mol. The van der Waals surface area contributed by atoms with E-state index in [1.54, 1.807) is 12.0 Å². The number of methoxy groups -OCH3 is 1. The highest BCUT2D eigenvalue weighted by Crippen LogP contribution is 2.01. The largest absolute Gasteiger partial charge is 0.409 e. The maximum absolute atomic E-state index is 12.0. The fourth-order valence-electron chi connectivity index (χ4n) is 1.49. The molecule has 0 saturated heterocycles. The van der Waals surface area contributed by atoms with Gasteiger partial charge in [-0.05, 0) is 13.3 Å². The van der Waals surface area contributed by atoms with Gasteiger partial charge >= 0.3 is 0 Å². The molecule has 0 spiro atoms. The van der Waals surface area contributed by atoms with Crippen LogP contribution in [-0.2, 0) is 14.3 Å². The summed E-state index contributed by atoms with van der Waals surface area (Å²) >= 11 is 0. The summed E-state index contributed by atoms with van der Waals surface area (Å²) in [7, 11) is 1.58. The van der Waals surface area contributed by atoms with Gasteiger partial charge in [-0.25, -0.2) is 0 Å². The number of carbonyl (C=O) groups excluding carboxylic acids is 1. The quantitative estimate of drug-likeness (QED) is 0.187. The molecule has 0 aromatic heterocycles. The van der Waals surface area contributed by atoms with Crippen LogP contribution in [0.25, 0.3) is 0 Å². The highest BCUT2D eigenvalue weighted by atomic mass is 16.5. The molecule has 3 N–H and O–H groups in total. The first-order chi connectivity index (χ1) is 9.15. The van der Waals surface area contributed by atoms with E-state index in [2.05, 4.69) is 5.16 Å². The van der Waals surface area contributed by atoms with Crippen molar-refractivity contribution >= 4 is 11.7 Å². The molecule has 0 heterocycles. The van der Waals surface area contributed by atoms with Gasteiger partial charge in [-0.1, -0.05) is 5.16 Å². The number of ether oxygens (including phenoxy) is 2. The fraction of sp³-hybridized carbons (Fsp3) is 0.833. The third kappa shape index (κ3) is 9.26. The Morgan fingerprint density at radius 2 is 2.05 bits per heavy atom. The van der Waals surface area contributed by atoms with Crippen LogP contribution in [0.1, 0.15) is 26.2 Å². The smallest absolute Gasteiger partial charge is 0.222 e. The zero-order valence-corrected chi connectivity index (χ0v) is 11.8. The normalized spacial score (nSPS) is 11.6. The molecule has 0 radical (unpaired) electrons. The average Bonchev–Trinajstić information content (AvgIpc) is 2.43. The zero-order valence-electron chi connectivity index (χ0n) is 11.8. The first-order valence-electron chi connectivity index (χ1n) is 6.46. The molecule has 0 rings (SSSR count). The van der Waals surface area contributed by atoms with E-state index < -0.39 is 0 Å². The van der Waals surface area contributed by atoms with Crippen molar-refractivity contribution in [2.24, 2.45) is 10.9 Å². The summed E-state index contributed by atoms with van der Waals surface area (Å²) in [4.78, 5) is 13.6. The van der Waals surface area contributed by atoms with Crippen molar-refractivity contribution < 1.29 is 19.5 Å². The van der Waals surface area contributed by atoms with Crippen molar-refractivity contribution in [3.05, 3.63) is 0 Å². The molecule has 0 aliphatic heterocycles. The molecule has 0 aromatic rings. The van der Waals surface area contributed by atoms with Gasteiger partial charge < -0.3 is 25.3 Å². The Kier molecular flexibility index (Phi) is 10.9. The Balaban J connectivity index is 4.11. The van der Waals surface area contributed by atoms with Gasteiger partial charge in [0.25, 0.3) is 0 Å². The van der Waals surface area contributed by atoms with Crippen LogP contribution < -0.4 is 5.73 Å². The summed E-state index contributed by atoms with van der Waals surface area (Å²) in [6.07, 6.45) is 1.47. The summed E-state index contributed by atoms with van der Waals surface area (Å²) in [5.74, 6) is 0.145. The van der Waals surface area contributed by atoms with Crippen LogP contribution in [-0.4, -0.2) is 61.9 Å². The lowest BCUT2D eigenvalue weighted by Crippen LogP contribution is -2.36. The highest BCUT2D eigenvalue weighted by molar-refractivity contribution is 5.81. The van der Waals surface area contributed by atoms with Crippen molar-refractivity contribution in [3.8, 4) is 0 Å². The summed E-state index contributed by atoms with van der Waals surface area (Å²) in [6, 6.07) is 0. The number of nitrogens with zero attached hydrogens (tertiary/aromatic N) is 2. The number of hydrogen-bond donors (Lipinski definition) is 2. The predicted molar refractivity (Wildman–Crippen MR) is 72.2 cm³/mol. The van der Waals surface area contributed by atoms with Gasteiger partial charge in [-0.3, -0.25) is 4.79 Å². The van der Waals surface area contributed by atoms with Crippen molar-refractivity contribution in [1.82, 2.24) is 4.90 Å². The van der Waals surface area contributed by atoms with Crippen LogP contribution in [0.3, 0.4) is 0 Å². The van der Waals surface area contributed by atoms with E-state index in [0.29, 0.717) is 52.2 Å². The van der Waals surface area contributed by atoms with Gasteiger partial charge in [0.2, 0.25) is 5.91 Å². The Labute approximate surface area is 114 Å². The Morgan fingerprint density at radius 3 is 2.63 bits per heavy atom. The van der Waals surface area contributed by atoms with Gasteiger partial charge in [0.05, 0.1) is 6.61 Å². The van der Waals surface area contributed by atoms with Crippen LogP contribution in [0.4, 0.5) is 0 Å². The summed E-state index contributed by atoms with van der Waals surface area (Å²) in [6.45, 7) is 4.55. The lowest BCUT2D eigenvalue weighted by atomic mass is 10.2. The highest BCUT2D eigenvalue weighted by Gasteiger charge is 2.13. The van der Waals surface area contributed by atoms with Crippen LogP contribution in [0.15, 0.2) is 5.16 Å². The second-order valence-electron chi connectivity index (χ2n) is 4.02. The molecule has 0 aliphatic rings. The maximum Gasteiger partial charge on any atom is 0.222 e. The lowest BCUT2D eigenvalue weighted by molar-refractivity contribution is -0.132. The Morgan fingerprint density at radius 1 is 1.32 bits per heavy atom. The van der Waals surface area contributed by atoms with E-state index in [1.807, 2.05) is 6.92 Å². The van der Waals surface area contributed by atoms with E-state index in [-0.39, 0.29) is 11.7 Å². The van der Waals surface area contributed by atoms with Crippen LogP contribution in [0.5, 0.6) is 0 Å². The Bertz CT molecular complexity index is 272. The van der Waals surface area contributed by atoms with Gasteiger partial charge in [-0.15, -0.1) is 0 Å². The fourth-order valence-corrected chi connectivity index (χ4v) is 1.49. The molecule has 19 heavy (non-hydrogen) atoms. The molecule has 0 saturated carbocycles. The average molecular weight is 275 g/mol. The van der Waals surface area contributed by atoms with E-state index >= 15 is 0 Å². The second-order valence-corrected chi connectivity index (χ2v) is 4.02. The first-order valence-corrected chi connectivity index (χ1v) is 6.46. The molecule has 0 fully saturated rings. The van der Waals surface area contributed by atoms with E-state index in [9.17, 15) is 4.79 Å². The number of carbonyl (C=O) groups is 1. The van der Waals surface area contributed by atoms with E-state index in [0.717, 1.165) is 0 Å². The number of amidine groups is 1. The predicted octanol–water partition coefficient (Wildman–Crippen LogP) is 0.415. The molecule has 0 aliphatic carbocycles. The molecule has 0 aromatic carbocycles. The van der Waals surface area contributed by atoms with E-state index in [1.165, 1.54) is 0 Å². The minimum Gasteiger partial charge on any atom is -0.409 e. The zero-order chi connectivity index (χ0) is 14.5. The van der Waals surface area contributed by atoms with Gasteiger partial charge in [0.1, 0.15) is 5.84 Å². The topological polar surface area (TPSA) is 97.4 Å². The Hall–Kier alpha value is -1.34. The lowest BCUT2D eigenvalue weighted by Gasteiger charge is -2.22. The third-order valence-corrected chi connectivity index (χ3v) is 2.57. The SMILES string of the molecule is CCOCCCC(=O)N(CCOC)CCC(N)=NO. The molecule has 1 amide bonds. The molecule has 7 nitrogen and oxygen atoms in total. The summed E-state index contributed by atoms with van der Waals surface area (Å²) in [5, 5.41) is 11.4. The van der Waals surface area contributed by atoms with Crippen molar-refractivity contribution in [2.45, 2.75) is 26.2 Å². The van der Waals surface area contributed by atoms with Crippen LogP contribution in [0, 0.1) is 0 Å². The number of nitrogens with two attached hydrogens (primary N) is 1. The van der Waals surface area contributed by atoms with Crippen molar-refractivity contribution in [3.63, 3.8) is 0 Å². The number of amides is 1. The molecular formula is C12H25N3O4. The number of oxime groups is 1. The van der Waals surface area contributed by atoms with Gasteiger partial charge in [0, 0.05) is 46.3 Å². The molecular weight excluding hydrogens is 250 g/mol. The third-order valence-electron chi connectivity index (χ3n) is 2.57. The first kappa shape index (κ1) is 17.7. The number of rotatable bonds is 11. The summed E-state index contributed by atoms with van der Waals surface area (Å²) in [5.41, 5.74) is 5.40. The van der Waals surface area contributed by atoms with Gasteiger partial charge in [0.15, 0.2) is 0 Å². The minimum atomic E-state index is 0.0301. The second kappa shape index (κ2) is 11.7. The molecule has 0 bridgehead atoms. The standard InChI is InChI=1S/C12H25N3O4/c1-3-19-9-4-5-12(16)15(8-10-18-2)7-6-11(13)14-17/h17H,3-10H2,1-2H3,(H2,13,14).